The number of nitrogens with zero attached hydrogens (tertiary/aromatic N) is 1. The van der Waals surface area contributed by atoms with Crippen LogP contribution in [0, 0.1) is 0 Å². The van der Waals surface area contributed by atoms with E-state index in [0.717, 1.165) is 32.4 Å². The van der Waals surface area contributed by atoms with Crippen molar-refractivity contribution in [3.63, 3.8) is 0 Å². The molecule has 13 heavy (non-hydrogen) atoms. The number of nitrogens with two attached hydrogens (primary N) is 1. The van der Waals surface area contributed by atoms with E-state index in [-0.39, 0.29) is 11.9 Å². The third-order valence-corrected chi connectivity index (χ3v) is 2.52. The zero-order chi connectivity index (χ0) is 9.68. The Morgan fingerprint density at radius 3 is 3.08 bits per heavy atom. The van der Waals surface area contributed by atoms with Gasteiger partial charge in [0, 0.05) is 19.6 Å². The Morgan fingerprint density at radius 1 is 1.62 bits per heavy atom. The van der Waals surface area contributed by atoms with Gasteiger partial charge in [0.2, 0.25) is 5.91 Å². The van der Waals surface area contributed by atoms with Crippen molar-refractivity contribution in [2.45, 2.75) is 25.3 Å². The summed E-state index contributed by atoms with van der Waals surface area (Å²) in [5, 5.41) is 2.91. The lowest BCUT2D eigenvalue weighted by atomic mass is 10.1. The van der Waals surface area contributed by atoms with Crippen LogP contribution >= 0.6 is 0 Å². The second-order valence-electron chi connectivity index (χ2n) is 3.57. The summed E-state index contributed by atoms with van der Waals surface area (Å²) in [6.45, 7) is 2.23. The summed E-state index contributed by atoms with van der Waals surface area (Å²) < 4.78 is 0. The van der Waals surface area contributed by atoms with Gasteiger partial charge >= 0.3 is 0 Å². The SMILES string of the molecule is CN(CCN)C1CCCCNC1=O. The lowest BCUT2D eigenvalue weighted by Crippen LogP contribution is -2.45. The van der Waals surface area contributed by atoms with Crippen LogP contribution in [-0.4, -0.2) is 43.5 Å². The van der Waals surface area contributed by atoms with Crippen molar-refractivity contribution >= 4 is 5.91 Å². The zero-order valence-electron chi connectivity index (χ0n) is 8.25. The van der Waals surface area contributed by atoms with Gasteiger partial charge in [-0.2, -0.15) is 0 Å². The second kappa shape index (κ2) is 5.19. The predicted molar refractivity (Wildman–Crippen MR) is 52.3 cm³/mol. The first-order valence-electron chi connectivity index (χ1n) is 4.93. The number of likely N-dealkylation sites (N-methyl/N-ethyl adjacent to an activating group) is 1. The Labute approximate surface area is 79.5 Å². The molecule has 4 nitrogen and oxygen atoms in total. The van der Waals surface area contributed by atoms with E-state index >= 15 is 0 Å². The molecule has 0 aromatic rings. The molecule has 0 saturated carbocycles. The molecule has 0 aromatic heterocycles. The van der Waals surface area contributed by atoms with Crippen molar-refractivity contribution < 1.29 is 4.79 Å². The van der Waals surface area contributed by atoms with Gasteiger partial charge in [0.1, 0.15) is 0 Å². The van der Waals surface area contributed by atoms with Crippen LogP contribution in [0.2, 0.25) is 0 Å². The van der Waals surface area contributed by atoms with Crippen molar-refractivity contribution in [1.29, 1.82) is 0 Å². The summed E-state index contributed by atoms with van der Waals surface area (Å²) in [7, 11) is 1.96. The smallest absolute Gasteiger partial charge is 0.237 e. The van der Waals surface area contributed by atoms with E-state index in [4.69, 9.17) is 5.73 Å². The van der Waals surface area contributed by atoms with Gasteiger partial charge in [0.15, 0.2) is 0 Å². The molecule has 3 N–H and O–H groups in total. The van der Waals surface area contributed by atoms with E-state index in [9.17, 15) is 4.79 Å². The molecule has 1 atom stereocenters. The number of carbonyl (C=O) groups is 1. The molecule has 1 rings (SSSR count). The summed E-state index contributed by atoms with van der Waals surface area (Å²) in [6.07, 6.45) is 3.18. The molecule has 0 aromatic carbocycles. The van der Waals surface area contributed by atoms with Crippen LogP contribution in [0.3, 0.4) is 0 Å². The number of carbonyl (C=O) groups excluding carboxylic acids is 1. The largest absolute Gasteiger partial charge is 0.355 e. The minimum Gasteiger partial charge on any atom is -0.355 e. The summed E-state index contributed by atoms with van der Waals surface area (Å²) >= 11 is 0. The first-order chi connectivity index (χ1) is 6.25. The molecular weight excluding hydrogens is 166 g/mol. The van der Waals surface area contributed by atoms with Gasteiger partial charge in [-0.15, -0.1) is 0 Å². The van der Waals surface area contributed by atoms with Crippen LogP contribution in [0.4, 0.5) is 0 Å². The highest BCUT2D eigenvalue weighted by Crippen LogP contribution is 2.10. The average molecular weight is 185 g/mol. The number of hydrogen-bond donors (Lipinski definition) is 2. The first kappa shape index (κ1) is 10.5. The highest BCUT2D eigenvalue weighted by molar-refractivity contribution is 5.81. The van der Waals surface area contributed by atoms with Crippen molar-refractivity contribution in [2.75, 3.05) is 26.7 Å². The summed E-state index contributed by atoms with van der Waals surface area (Å²) in [4.78, 5) is 13.6. The number of rotatable bonds is 3. The van der Waals surface area contributed by atoms with E-state index in [1.807, 2.05) is 11.9 Å². The molecule has 1 fully saturated rings. The minimum absolute atomic E-state index is 0.0334. The summed E-state index contributed by atoms with van der Waals surface area (Å²) in [6, 6.07) is 0.0334. The fourth-order valence-corrected chi connectivity index (χ4v) is 1.70. The average Bonchev–Trinajstić information content (AvgIpc) is 2.30. The molecule has 0 aliphatic carbocycles. The Bertz CT molecular complexity index is 172. The Kier molecular flexibility index (Phi) is 4.18. The predicted octanol–water partition coefficient (Wildman–Crippen LogP) is -0.454. The van der Waals surface area contributed by atoms with Crippen LogP contribution in [0.15, 0.2) is 0 Å². The van der Waals surface area contributed by atoms with E-state index in [1.54, 1.807) is 0 Å². The highest BCUT2D eigenvalue weighted by atomic mass is 16.2. The molecule has 76 valence electrons. The molecule has 1 aliphatic rings. The fraction of sp³-hybridized carbons (Fsp3) is 0.889. The zero-order valence-corrected chi connectivity index (χ0v) is 8.25. The van der Waals surface area contributed by atoms with Crippen LogP contribution in [-0.2, 0) is 4.79 Å². The molecule has 4 heteroatoms. The van der Waals surface area contributed by atoms with Gasteiger partial charge in [-0.05, 0) is 26.3 Å². The minimum atomic E-state index is 0.0334. The maximum Gasteiger partial charge on any atom is 0.237 e. The highest BCUT2D eigenvalue weighted by Gasteiger charge is 2.23. The Hall–Kier alpha value is -0.610. The topological polar surface area (TPSA) is 58.4 Å². The van der Waals surface area contributed by atoms with Crippen molar-refractivity contribution in [3.05, 3.63) is 0 Å². The molecule has 0 spiro atoms. The Balaban J connectivity index is 2.48. The quantitative estimate of drug-likeness (QED) is 0.626. The van der Waals surface area contributed by atoms with Gasteiger partial charge < -0.3 is 11.1 Å². The fourth-order valence-electron chi connectivity index (χ4n) is 1.70. The molecule has 1 amide bonds. The van der Waals surface area contributed by atoms with E-state index in [0.29, 0.717) is 6.54 Å². The maximum absolute atomic E-state index is 11.5. The number of nitrogens with one attached hydrogen (secondary N) is 1. The lowest BCUT2D eigenvalue weighted by Gasteiger charge is -2.24. The molecule has 0 bridgehead atoms. The van der Waals surface area contributed by atoms with Gasteiger partial charge in [-0.25, -0.2) is 0 Å². The van der Waals surface area contributed by atoms with Crippen LogP contribution in [0.5, 0.6) is 0 Å². The van der Waals surface area contributed by atoms with E-state index in [2.05, 4.69) is 5.32 Å². The van der Waals surface area contributed by atoms with Gasteiger partial charge in [-0.3, -0.25) is 9.69 Å². The molecule has 0 radical (unpaired) electrons. The Morgan fingerprint density at radius 2 is 2.38 bits per heavy atom. The maximum atomic E-state index is 11.5. The van der Waals surface area contributed by atoms with Gasteiger partial charge in [0.25, 0.3) is 0 Å². The third kappa shape index (κ3) is 2.97. The molecule has 1 heterocycles. The normalized spacial score (nSPS) is 24.2. The van der Waals surface area contributed by atoms with E-state index in [1.165, 1.54) is 0 Å². The van der Waals surface area contributed by atoms with Crippen molar-refractivity contribution in [3.8, 4) is 0 Å². The summed E-state index contributed by atoms with van der Waals surface area (Å²) in [5.41, 5.74) is 5.45. The van der Waals surface area contributed by atoms with Crippen LogP contribution in [0.25, 0.3) is 0 Å². The lowest BCUT2D eigenvalue weighted by molar-refractivity contribution is -0.125. The number of hydrogen-bond acceptors (Lipinski definition) is 3. The van der Waals surface area contributed by atoms with Crippen LogP contribution < -0.4 is 11.1 Å². The van der Waals surface area contributed by atoms with Crippen molar-refractivity contribution in [1.82, 2.24) is 10.2 Å². The second-order valence-corrected chi connectivity index (χ2v) is 3.57. The van der Waals surface area contributed by atoms with Crippen LogP contribution in [0.1, 0.15) is 19.3 Å². The van der Waals surface area contributed by atoms with Crippen molar-refractivity contribution in [2.24, 2.45) is 5.73 Å². The molecular formula is C9H19N3O. The standard InChI is InChI=1S/C9H19N3O/c1-12(7-5-10)8-4-2-3-6-11-9(8)13/h8H,2-7,10H2,1H3,(H,11,13). The summed E-state index contributed by atoms with van der Waals surface area (Å²) in [5.74, 6) is 0.161. The van der Waals surface area contributed by atoms with E-state index < -0.39 is 0 Å². The molecule has 1 unspecified atom stereocenters. The number of amides is 1. The monoisotopic (exact) mass is 185 g/mol. The first-order valence-corrected chi connectivity index (χ1v) is 4.93. The third-order valence-electron chi connectivity index (χ3n) is 2.52. The van der Waals surface area contributed by atoms with Gasteiger partial charge in [-0.1, -0.05) is 0 Å². The van der Waals surface area contributed by atoms with Gasteiger partial charge in [0.05, 0.1) is 6.04 Å². The molecule has 1 aliphatic heterocycles. The molecule has 1 saturated heterocycles.